The molecule has 1 aromatic carbocycles. The Morgan fingerprint density at radius 1 is 1.22 bits per heavy atom. The van der Waals surface area contributed by atoms with Gasteiger partial charge in [0.05, 0.1) is 25.9 Å². The summed E-state index contributed by atoms with van der Waals surface area (Å²) in [6.45, 7) is 7.30. The maximum atomic E-state index is 12.9. The Bertz CT molecular complexity index is 1080. The largest absolute Gasteiger partial charge is 0.497 e. The van der Waals surface area contributed by atoms with Crippen LogP contribution in [0.2, 0.25) is 0 Å². The molecule has 2 amide bonds. The van der Waals surface area contributed by atoms with Crippen LogP contribution in [-0.4, -0.2) is 42.8 Å². The molecule has 3 aromatic rings. The lowest BCUT2D eigenvalue weighted by Crippen LogP contribution is -2.33. The molecule has 0 saturated heterocycles. The zero-order chi connectivity index (χ0) is 22.7. The van der Waals surface area contributed by atoms with Crippen LogP contribution in [0.1, 0.15) is 35.9 Å². The third-order valence-electron chi connectivity index (χ3n) is 5.88. The number of hydrogen-bond acceptors (Lipinski definition) is 5. The highest BCUT2D eigenvalue weighted by molar-refractivity contribution is 7.15. The molecule has 8 heteroatoms. The van der Waals surface area contributed by atoms with Gasteiger partial charge in [-0.25, -0.2) is 4.79 Å². The number of urea groups is 1. The minimum absolute atomic E-state index is 0.155. The van der Waals surface area contributed by atoms with Crippen LogP contribution in [-0.2, 0) is 13.0 Å². The minimum atomic E-state index is -0.284. The molecule has 0 unspecified atom stereocenters. The molecule has 0 bridgehead atoms. The zero-order valence-electron chi connectivity index (χ0n) is 19.0. The molecule has 1 aliphatic rings. The van der Waals surface area contributed by atoms with E-state index in [-0.39, 0.29) is 12.1 Å². The highest BCUT2D eigenvalue weighted by Gasteiger charge is 2.28. The molecule has 0 spiro atoms. The van der Waals surface area contributed by atoms with Crippen molar-refractivity contribution in [2.75, 3.05) is 32.6 Å². The molecule has 0 fully saturated rings. The molecule has 1 aliphatic heterocycles. The van der Waals surface area contributed by atoms with Crippen molar-refractivity contribution in [2.45, 2.75) is 32.9 Å². The number of anilines is 1. The molecule has 7 nitrogen and oxygen atoms in total. The Balaban J connectivity index is 1.59. The molecule has 32 heavy (non-hydrogen) atoms. The van der Waals surface area contributed by atoms with Gasteiger partial charge in [0.2, 0.25) is 0 Å². The number of thiophene rings is 1. The number of benzene rings is 1. The van der Waals surface area contributed by atoms with Crippen LogP contribution in [0.4, 0.5) is 10.5 Å². The molecule has 2 aromatic heterocycles. The number of nitrogens with zero attached hydrogens (tertiary/aromatic N) is 2. The molecular formula is C24H30N4O3S. The van der Waals surface area contributed by atoms with E-state index in [1.54, 1.807) is 32.4 Å². The minimum Gasteiger partial charge on any atom is -0.497 e. The van der Waals surface area contributed by atoms with Crippen molar-refractivity contribution < 1.29 is 14.3 Å². The Morgan fingerprint density at radius 2 is 2.00 bits per heavy atom. The number of nitrogens with one attached hydrogen (secondary N) is 2. The highest BCUT2D eigenvalue weighted by Crippen LogP contribution is 2.39. The van der Waals surface area contributed by atoms with Gasteiger partial charge in [-0.1, -0.05) is 6.92 Å². The second-order valence-corrected chi connectivity index (χ2v) is 8.90. The summed E-state index contributed by atoms with van der Waals surface area (Å²) in [6.07, 6.45) is 5.12. The van der Waals surface area contributed by atoms with Crippen LogP contribution in [0.3, 0.4) is 0 Å². The average Bonchev–Trinajstić information content (AvgIpc) is 3.46. The molecule has 2 N–H and O–H groups in total. The average molecular weight is 455 g/mol. The number of fused-ring (bicyclic) bond motifs is 1. The van der Waals surface area contributed by atoms with Gasteiger partial charge in [0.25, 0.3) is 0 Å². The van der Waals surface area contributed by atoms with Gasteiger partial charge in [-0.2, -0.15) is 0 Å². The lowest BCUT2D eigenvalue weighted by Gasteiger charge is -2.26. The lowest BCUT2D eigenvalue weighted by molar-refractivity contribution is 0.249. The normalized spacial score (nSPS) is 14.5. The Kier molecular flexibility index (Phi) is 6.72. The van der Waals surface area contributed by atoms with E-state index in [9.17, 15) is 4.79 Å². The summed E-state index contributed by atoms with van der Waals surface area (Å²) in [5, 5.41) is 7.21. The smallest absolute Gasteiger partial charge is 0.319 e. The fraction of sp³-hybridized carbons (Fsp3) is 0.375. The van der Waals surface area contributed by atoms with Crippen molar-refractivity contribution in [1.29, 1.82) is 0 Å². The van der Waals surface area contributed by atoms with Crippen molar-refractivity contribution in [3.05, 3.63) is 58.7 Å². The van der Waals surface area contributed by atoms with Crippen LogP contribution in [0.5, 0.6) is 11.5 Å². The van der Waals surface area contributed by atoms with E-state index < -0.39 is 0 Å². The van der Waals surface area contributed by atoms with Crippen molar-refractivity contribution in [2.24, 2.45) is 0 Å². The summed E-state index contributed by atoms with van der Waals surface area (Å²) in [5.41, 5.74) is 3.13. The van der Waals surface area contributed by atoms with Crippen molar-refractivity contribution in [3.8, 4) is 16.5 Å². The molecule has 170 valence electrons. The molecule has 4 rings (SSSR count). The monoisotopic (exact) mass is 454 g/mol. The number of carbonyl (C=O) groups is 1. The maximum Gasteiger partial charge on any atom is 0.319 e. The van der Waals surface area contributed by atoms with E-state index in [2.05, 4.69) is 39.4 Å². The summed E-state index contributed by atoms with van der Waals surface area (Å²) >= 11 is 1.82. The van der Waals surface area contributed by atoms with Gasteiger partial charge in [0.1, 0.15) is 16.5 Å². The quantitative estimate of drug-likeness (QED) is 0.537. The van der Waals surface area contributed by atoms with E-state index >= 15 is 0 Å². The molecule has 3 heterocycles. The Labute approximate surface area is 192 Å². The van der Waals surface area contributed by atoms with E-state index in [0.29, 0.717) is 17.2 Å². The van der Waals surface area contributed by atoms with E-state index in [1.165, 1.54) is 21.0 Å². The van der Waals surface area contributed by atoms with Crippen LogP contribution in [0, 0.1) is 0 Å². The number of rotatable bonds is 7. The van der Waals surface area contributed by atoms with E-state index in [4.69, 9.17) is 9.47 Å². The molecule has 0 radical (unpaired) electrons. The van der Waals surface area contributed by atoms with Gasteiger partial charge in [0, 0.05) is 42.0 Å². The van der Waals surface area contributed by atoms with Crippen molar-refractivity contribution >= 4 is 23.1 Å². The van der Waals surface area contributed by atoms with Gasteiger partial charge >= 0.3 is 6.03 Å². The SMILES string of the molecule is CCN1CCc2c(sc(-n3cccc3)c2[C@@H](C)NC(=O)Nc2cc(OC)ccc2OC)C1. The second-order valence-electron chi connectivity index (χ2n) is 7.82. The predicted molar refractivity (Wildman–Crippen MR) is 128 cm³/mol. The van der Waals surface area contributed by atoms with E-state index in [0.717, 1.165) is 26.1 Å². The Morgan fingerprint density at radius 3 is 2.69 bits per heavy atom. The van der Waals surface area contributed by atoms with Crippen LogP contribution in [0.15, 0.2) is 42.7 Å². The highest BCUT2D eigenvalue weighted by atomic mass is 32.1. The number of likely N-dealkylation sites (N-methyl/N-ethyl adjacent to an activating group) is 1. The number of ether oxygens (including phenoxy) is 2. The van der Waals surface area contributed by atoms with E-state index in [1.807, 2.05) is 30.4 Å². The summed E-state index contributed by atoms with van der Waals surface area (Å²) in [5.74, 6) is 1.23. The standard InChI is InChI=1S/C24H30N4O3S/c1-5-27-13-10-18-21(15-27)32-23(28-11-6-7-12-28)22(18)16(2)25-24(29)26-19-14-17(30-3)8-9-20(19)31-4/h6-9,11-12,14,16H,5,10,13,15H2,1-4H3,(H2,25,26,29)/t16-/m1/s1. The van der Waals surface area contributed by atoms with Crippen molar-refractivity contribution in [3.63, 3.8) is 0 Å². The van der Waals surface area contributed by atoms with Gasteiger partial charge in [0.15, 0.2) is 0 Å². The summed E-state index contributed by atoms with van der Waals surface area (Å²) in [4.78, 5) is 16.8. The third-order valence-corrected chi connectivity index (χ3v) is 7.12. The van der Waals surface area contributed by atoms with Gasteiger partial charge < -0.3 is 24.7 Å². The summed E-state index contributed by atoms with van der Waals surface area (Å²) in [6, 6.07) is 8.94. The predicted octanol–water partition coefficient (Wildman–Crippen LogP) is 4.82. The topological polar surface area (TPSA) is 67.8 Å². The third kappa shape index (κ3) is 4.47. The first-order chi connectivity index (χ1) is 15.5. The number of hydrogen-bond donors (Lipinski definition) is 2. The molecular weight excluding hydrogens is 424 g/mol. The lowest BCUT2D eigenvalue weighted by atomic mass is 9.98. The zero-order valence-corrected chi connectivity index (χ0v) is 19.8. The van der Waals surface area contributed by atoms with Crippen molar-refractivity contribution in [1.82, 2.24) is 14.8 Å². The summed E-state index contributed by atoms with van der Waals surface area (Å²) < 4.78 is 12.8. The molecule has 1 atom stereocenters. The number of aromatic nitrogens is 1. The van der Waals surface area contributed by atoms with Gasteiger partial charge in [-0.05, 0) is 49.7 Å². The van der Waals surface area contributed by atoms with Crippen LogP contribution < -0.4 is 20.1 Å². The number of amides is 2. The van der Waals surface area contributed by atoms with Crippen LogP contribution in [0.25, 0.3) is 5.00 Å². The second kappa shape index (κ2) is 9.67. The first-order valence-electron chi connectivity index (χ1n) is 10.8. The molecule has 0 aliphatic carbocycles. The fourth-order valence-electron chi connectivity index (χ4n) is 4.18. The summed E-state index contributed by atoms with van der Waals surface area (Å²) in [7, 11) is 3.17. The maximum absolute atomic E-state index is 12.9. The van der Waals surface area contributed by atoms with Crippen LogP contribution >= 0.6 is 11.3 Å². The fourth-order valence-corrected chi connectivity index (χ4v) is 5.64. The first-order valence-corrected chi connectivity index (χ1v) is 11.6. The number of carbonyl (C=O) groups excluding carboxylic acids is 1. The van der Waals surface area contributed by atoms with Gasteiger partial charge in [-0.15, -0.1) is 11.3 Å². The molecule has 0 saturated carbocycles. The van der Waals surface area contributed by atoms with Gasteiger partial charge in [-0.3, -0.25) is 4.90 Å². The first kappa shape index (κ1) is 22.2. The number of methoxy groups -OCH3 is 2. The Hall–Kier alpha value is -2.97.